The third kappa shape index (κ3) is 2.37. The summed E-state index contributed by atoms with van der Waals surface area (Å²) in [5, 5.41) is 0.574. The number of hydrogen-bond acceptors (Lipinski definition) is 2. The van der Waals surface area contributed by atoms with Crippen LogP contribution >= 0.6 is 62.3 Å². The Hall–Kier alpha value is 0.860. The highest BCUT2D eigenvalue weighted by Gasteiger charge is 2.80. The van der Waals surface area contributed by atoms with Gasteiger partial charge in [0.05, 0.1) is 14.4 Å². The number of alkyl halides is 3. The lowest BCUT2D eigenvalue weighted by atomic mass is 9.88. The molecule has 0 aliphatic heterocycles. The Morgan fingerprint density at radius 3 is 2.18 bits per heavy atom. The maximum atomic E-state index is 6.88. The van der Waals surface area contributed by atoms with Crippen molar-refractivity contribution >= 4 is 62.3 Å². The molecule has 2 aliphatic carbocycles. The lowest BCUT2D eigenvalue weighted by Crippen LogP contribution is -2.56. The minimum Gasteiger partial charge on any atom is -0.350 e. The Labute approximate surface area is 159 Å². The first-order valence-corrected chi connectivity index (χ1v) is 9.04. The van der Waals surface area contributed by atoms with E-state index in [2.05, 4.69) is 27.8 Å². The highest BCUT2D eigenvalue weighted by atomic mass is 79.9. The van der Waals surface area contributed by atoms with Gasteiger partial charge in [0.1, 0.15) is 9.75 Å². The summed E-state index contributed by atoms with van der Waals surface area (Å²) < 4.78 is 10.9. The number of rotatable bonds is 3. The first-order chi connectivity index (χ1) is 10.00. The molecule has 0 amide bonds. The van der Waals surface area contributed by atoms with Crippen LogP contribution in [-0.4, -0.2) is 34.1 Å². The molecule has 7 heteroatoms. The van der Waals surface area contributed by atoms with Crippen molar-refractivity contribution in [1.82, 2.24) is 0 Å². The molecule has 0 aromatic rings. The zero-order chi connectivity index (χ0) is 17.0. The van der Waals surface area contributed by atoms with Gasteiger partial charge in [-0.15, -0.1) is 29.1 Å². The molecule has 124 valence electrons. The van der Waals surface area contributed by atoms with Crippen LogP contribution in [0.4, 0.5) is 0 Å². The van der Waals surface area contributed by atoms with Crippen LogP contribution < -0.4 is 0 Å². The quantitative estimate of drug-likeness (QED) is 0.333. The molecular formula is C15H17BrCl4O2. The number of ether oxygens (including phenoxy) is 2. The summed E-state index contributed by atoms with van der Waals surface area (Å²) in [6, 6.07) is 0. The fourth-order valence-electron chi connectivity index (χ4n) is 3.36. The molecular weight excluding hydrogens is 434 g/mol. The number of methoxy groups -OCH3 is 2. The molecule has 3 atom stereocenters. The van der Waals surface area contributed by atoms with Gasteiger partial charge in [-0.1, -0.05) is 45.1 Å². The minimum absolute atomic E-state index is 0.135. The predicted octanol–water partition coefficient (Wildman–Crippen LogP) is 5.22. The number of halogens is 5. The van der Waals surface area contributed by atoms with Gasteiger partial charge in [0, 0.05) is 26.6 Å². The minimum atomic E-state index is -1.31. The van der Waals surface area contributed by atoms with Gasteiger partial charge in [-0.2, -0.15) is 0 Å². The van der Waals surface area contributed by atoms with Crippen molar-refractivity contribution in [1.29, 1.82) is 0 Å². The zero-order valence-corrected chi connectivity index (χ0v) is 17.3. The van der Waals surface area contributed by atoms with Gasteiger partial charge in [-0.25, -0.2) is 0 Å². The van der Waals surface area contributed by atoms with Gasteiger partial charge in [0.15, 0.2) is 0 Å². The highest BCUT2D eigenvalue weighted by Crippen LogP contribution is 2.72. The number of fused-ring (bicyclic) bond motifs is 2. The normalized spacial score (nSPS) is 36.5. The van der Waals surface area contributed by atoms with Crippen LogP contribution in [0.25, 0.3) is 0 Å². The summed E-state index contributed by atoms with van der Waals surface area (Å²) in [6.07, 6.45) is 0.994. The third-order valence-corrected chi connectivity index (χ3v) is 7.09. The van der Waals surface area contributed by atoms with E-state index < -0.39 is 15.5 Å². The van der Waals surface area contributed by atoms with E-state index in [1.807, 2.05) is 13.8 Å². The Morgan fingerprint density at radius 1 is 1.23 bits per heavy atom. The molecule has 2 nitrogen and oxygen atoms in total. The topological polar surface area (TPSA) is 18.5 Å². The first kappa shape index (κ1) is 19.2. The van der Waals surface area contributed by atoms with Gasteiger partial charge in [0.2, 0.25) is 5.79 Å². The molecule has 0 N–H and O–H groups in total. The molecule has 1 fully saturated rings. The molecule has 0 heterocycles. The van der Waals surface area contributed by atoms with E-state index >= 15 is 0 Å². The molecule has 2 aliphatic rings. The van der Waals surface area contributed by atoms with E-state index in [4.69, 9.17) is 55.9 Å². The average Bonchev–Trinajstić information content (AvgIpc) is 2.69. The zero-order valence-electron chi connectivity index (χ0n) is 12.7. The molecule has 2 bridgehead atoms. The standard InChI is InChI=1S/C15H17BrCl4O2/c1-12(2,16)7-5-6-9-8-13(19)10(17)11(18)14(9,20)15(13,21-3)22-4/h9H,6,8H2,1-4H3/t9-,13+,14+/m0/s1. The second kappa shape index (κ2) is 5.99. The first-order valence-electron chi connectivity index (χ1n) is 6.73. The summed E-state index contributed by atoms with van der Waals surface area (Å²) in [6.45, 7) is 3.94. The van der Waals surface area contributed by atoms with Crippen molar-refractivity contribution in [2.45, 2.75) is 46.5 Å². The van der Waals surface area contributed by atoms with E-state index in [-0.39, 0.29) is 15.3 Å². The Balaban J connectivity index is 2.45. The second-order valence-electron chi connectivity index (χ2n) is 6.05. The Bertz CT molecular complexity index is 570. The van der Waals surface area contributed by atoms with Gasteiger partial charge < -0.3 is 9.47 Å². The third-order valence-electron chi connectivity index (χ3n) is 4.26. The van der Waals surface area contributed by atoms with E-state index in [1.165, 1.54) is 14.2 Å². The van der Waals surface area contributed by atoms with E-state index in [0.717, 1.165) is 0 Å². The van der Waals surface area contributed by atoms with Crippen molar-refractivity contribution in [3.63, 3.8) is 0 Å². The van der Waals surface area contributed by atoms with Crippen molar-refractivity contribution in [3.05, 3.63) is 10.1 Å². The Morgan fingerprint density at radius 2 is 1.77 bits per heavy atom. The molecule has 1 saturated carbocycles. The van der Waals surface area contributed by atoms with Crippen LogP contribution in [0.5, 0.6) is 0 Å². The lowest BCUT2D eigenvalue weighted by molar-refractivity contribution is -0.218. The SMILES string of the molecule is COC1(OC)[C@@]2(Cl)C[C@H](CC#CC(C)(C)Br)[C@@]1(Cl)C(Cl)=C2Cl. The van der Waals surface area contributed by atoms with Gasteiger partial charge in [-0.3, -0.25) is 0 Å². The van der Waals surface area contributed by atoms with E-state index in [9.17, 15) is 0 Å². The average molecular weight is 451 g/mol. The summed E-state index contributed by atoms with van der Waals surface area (Å²) in [7, 11) is 2.99. The van der Waals surface area contributed by atoms with Crippen LogP contribution in [0.15, 0.2) is 10.1 Å². The van der Waals surface area contributed by atoms with Crippen LogP contribution in [0.3, 0.4) is 0 Å². The molecule has 0 aromatic carbocycles. The van der Waals surface area contributed by atoms with Gasteiger partial charge in [-0.05, 0) is 20.3 Å². The van der Waals surface area contributed by atoms with Crippen molar-refractivity contribution in [3.8, 4) is 11.8 Å². The van der Waals surface area contributed by atoms with Crippen molar-refractivity contribution < 1.29 is 9.47 Å². The summed E-state index contributed by atoms with van der Waals surface area (Å²) >= 11 is 29.9. The fraction of sp³-hybridized carbons (Fsp3) is 0.733. The lowest BCUT2D eigenvalue weighted by Gasteiger charge is -2.41. The maximum Gasteiger partial charge on any atom is 0.217 e. The Kier molecular flexibility index (Phi) is 5.22. The van der Waals surface area contributed by atoms with Crippen molar-refractivity contribution in [2.75, 3.05) is 14.2 Å². The molecule has 0 unspecified atom stereocenters. The largest absolute Gasteiger partial charge is 0.350 e. The summed E-state index contributed by atoms with van der Waals surface area (Å²) in [5.41, 5.74) is 0. The summed E-state index contributed by atoms with van der Waals surface area (Å²) in [5.74, 6) is 4.81. The van der Waals surface area contributed by atoms with Gasteiger partial charge in [0.25, 0.3) is 0 Å². The van der Waals surface area contributed by atoms with E-state index in [1.54, 1.807) is 0 Å². The molecule has 22 heavy (non-hydrogen) atoms. The summed E-state index contributed by atoms with van der Waals surface area (Å²) in [4.78, 5) is -2.25. The van der Waals surface area contributed by atoms with Crippen LogP contribution in [-0.2, 0) is 9.47 Å². The second-order valence-corrected chi connectivity index (χ2v) is 10.0. The molecule has 0 aromatic heterocycles. The fourth-order valence-corrected chi connectivity index (χ4v) is 5.59. The molecule has 0 radical (unpaired) electrons. The molecule has 2 rings (SSSR count). The monoisotopic (exact) mass is 448 g/mol. The van der Waals surface area contributed by atoms with E-state index in [0.29, 0.717) is 17.9 Å². The van der Waals surface area contributed by atoms with Crippen molar-refractivity contribution in [2.24, 2.45) is 5.92 Å². The molecule has 0 saturated heterocycles. The van der Waals surface area contributed by atoms with Crippen LogP contribution in [0.1, 0.15) is 26.7 Å². The van der Waals surface area contributed by atoms with Gasteiger partial charge >= 0.3 is 0 Å². The highest BCUT2D eigenvalue weighted by molar-refractivity contribution is 9.10. The number of hydrogen-bond donors (Lipinski definition) is 0. The van der Waals surface area contributed by atoms with Crippen LogP contribution in [0.2, 0.25) is 0 Å². The molecule has 0 spiro atoms. The maximum absolute atomic E-state index is 6.88. The smallest absolute Gasteiger partial charge is 0.217 e. The van der Waals surface area contributed by atoms with Crippen LogP contribution in [0, 0.1) is 17.8 Å². The predicted molar refractivity (Wildman–Crippen MR) is 96.2 cm³/mol.